The van der Waals surface area contributed by atoms with E-state index >= 15 is 0 Å². The van der Waals surface area contributed by atoms with Crippen LogP contribution in [-0.4, -0.2) is 0 Å². The minimum atomic E-state index is 1.08. The fourth-order valence-electron chi connectivity index (χ4n) is 11.5. The first-order chi connectivity index (χ1) is 28.9. The second-order valence-electron chi connectivity index (χ2n) is 20.8. The standard InChI is InChI=1S/C58H112/c1-2-3-4-5-6-7-8-9-10-11-12-13-14-15-16-17-18-19-20-21-22-23-24-25-26-27-28-29-30-31-32-33-34-35-36-37-38-39-40-41-43-46-51-56-52-47-44-42-45-48-53-57-54-49-50-55-58(56)57/h2,56-58H,1,3-55H2. The summed E-state index contributed by atoms with van der Waals surface area (Å²) in [4.78, 5) is 0. The van der Waals surface area contributed by atoms with E-state index in [4.69, 9.17) is 0 Å². The molecule has 0 aliphatic heterocycles. The lowest BCUT2D eigenvalue weighted by Gasteiger charge is -2.38. The van der Waals surface area contributed by atoms with Gasteiger partial charge in [-0.3, -0.25) is 0 Å². The summed E-state index contributed by atoms with van der Waals surface area (Å²) in [5.74, 6) is 3.29. The first kappa shape index (κ1) is 53.9. The molecule has 0 spiro atoms. The van der Waals surface area contributed by atoms with E-state index < -0.39 is 0 Å². The Morgan fingerprint density at radius 3 is 0.828 bits per heavy atom. The molecule has 0 bridgehead atoms. The first-order valence-electron chi connectivity index (χ1n) is 28.5. The second kappa shape index (κ2) is 44.8. The molecule has 0 aromatic carbocycles. The quantitative estimate of drug-likeness (QED) is 0.0425. The molecule has 0 heteroatoms. The molecule has 2 fully saturated rings. The van der Waals surface area contributed by atoms with E-state index in [0.717, 1.165) is 17.8 Å². The van der Waals surface area contributed by atoms with Crippen LogP contribution >= 0.6 is 0 Å². The molecule has 2 rings (SSSR count). The first-order valence-corrected chi connectivity index (χ1v) is 28.5. The average Bonchev–Trinajstić information content (AvgIpc) is 3.24. The Morgan fingerprint density at radius 2 is 0.500 bits per heavy atom. The highest BCUT2D eigenvalue weighted by molar-refractivity contribution is 4.82. The zero-order chi connectivity index (χ0) is 40.9. The molecule has 0 N–H and O–H groups in total. The monoisotopic (exact) mass is 809 g/mol. The lowest BCUT2D eigenvalue weighted by Crippen LogP contribution is -2.27. The third-order valence-electron chi connectivity index (χ3n) is 15.5. The molecule has 0 amide bonds. The highest BCUT2D eigenvalue weighted by atomic mass is 14.4. The molecular weight excluding hydrogens is 697 g/mol. The van der Waals surface area contributed by atoms with Gasteiger partial charge in [0.25, 0.3) is 0 Å². The summed E-state index contributed by atoms with van der Waals surface area (Å²) < 4.78 is 0. The maximum absolute atomic E-state index is 3.82. The largest absolute Gasteiger partial charge is 0.103 e. The van der Waals surface area contributed by atoms with Crippen LogP contribution in [0.1, 0.15) is 340 Å². The Kier molecular flexibility index (Phi) is 41.6. The van der Waals surface area contributed by atoms with Gasteiger partial charge in [0.15, 0.2) is 0 Å². The second-order valence-corrected chi connectivity index (χ2v) is 20.8. The highest BCUT2D eigenvalue weighted by Gasteiger charge is 2.31. The van der Waals surface area contributed by atoms with Gasteiger partial charge in [-0.15, -0.1) is 6.58 Å². The van der Waals surface area contributed by atoms with Crippen molar-refractivity contribution >= 4 is 0 Å². The molecule has 0 nitrogen and oxygen atoms in total. The van der Waals surface area contributed by atoms with Crippen LogP contribution in [0.2, 0.25) is 0 Å². The molecule has 3 unspecified atom stereocenters. The number of allylic oxidation sites excluding steroid dienone is 1. The van der Waals surface area contributed by atoms with Crippen LogP contribution < -0.4 is 0 Å². The van der Waals surface area contributed by atoms with Crippen molar-refractivity contribution in [1.82, 2.24) is 0 Å². The lowest BCUT2D eigenvalue weighted by molar-refractivity contribution is 0.127. The third-order valence-corrected chi connectivity index (χ3v) is 15.5. The molecule has 0 saturated heterocycles. The van der Waals surface area contributed by atoms with Crippen LogP contribution in [0.25, 0.3) is 0 Å². The summed E-state index contributed by atoms with van der Waals surface area (Å²) in [5.41, 5.74) is 0. The van der Waals surface area contributed by atoms with Gasteiger partial charge in [-0.2, -0.15) is 0 Å². The summed E-state index contributed by atoms with van der Waals surface area (Å²) in [6.07, 6.45) is 81.4. The van der Waals surface area contributed by atoms with Gasteiger partial charge in [0.05, 0.1) is 0 Å². The predicted octanol–water partition coefficient (Wildman–Crippen LogP) is 21.7. The van der Waals surface area contributed by atoms with Crippen molar-refractivity contribution in [3.8, 4) is 0 Å². The topological polar surface area (TPSA) is 0 Å². The number of hydrogen-bond donors (Lipinski definition) is 0. The Morgan fingerprint density at radius 1 is 0.259 bits per heavy atom. The van der Waals surface area contributed by atoms with Crippen LogP contribution in [0.5, 0.6) is 0 Å². The van der Waals surface area contributed by atoms with Crippen LogP contribution in [0.3, 0.4) is 0 Å². The van der Waals surface area contributed by atoms with E-state index in [2.05, 4.69) is 12.7 Å². The Labute approximate surface area is 369 Å². The fourth-order valence-corrected chi connectivity index (χ4v) is 11.5. The van der Waals surface area contributed by atoms with E-state index in [1.807, 2.05) is 0 Å². The molecular formula is C58H112. The smallest absolute Gasteiger partial charge is 0.0353 e. The molecule has 0 heterocycles. The molecule has 0 aromatic heterocycles. The Hall–Kier alpha value is -0.260. The van der Waals surface area contributed by atoms with E-state index in [9.17, 15) is 0 Å². The van der Waals surface area contributed by atoms with Crippen molar-refractivity contribution in [2.75, 3.05) is 0 Å². The summed E-state index contributed by atoms with van der Waals surface area (Å²) >= 11 is 0. The van der Waals surface area contributed by atoms with E-state index in [1.165, 1.54) is 308 Å². The molecule has 2 aliphatic rings. The van der Waals surface area contributed by atoms with Gasteiger partial charge in [0, 0.05) is 0 Å². The van der Waals surface area contributed by atoms with Crippen LogP contribution in [0.4, 0.5) is 0 Å². The Balaban J connectivity index is 1.17. The predicted molar refractivity (Wildman–Crippen MR) is 265 cm³/mol. The minimum absolute atomic E-state index is 1.08. The van der Waals surface area contributed by atoms with Gasteiger partial charge >= 0.3 is 0 Å². The van der Waals surface area contributed by atoms with Gasteiger partial charge in [-0.1, -0.05) is 327 Å². The van der Waals surface area contributed by atoms with Crippen LogP contribution in [-0.2, 0) is 0 Å². The van der Waals surface area contributed by atoms with E-state index in [1.54, 1.807) is 32.1 Å². The molecule has 58 heavy (non-hydrogen) atoms. The average molecular weight is 810 g/mol. The SMILES string of the molecule is C=CCCCCCCCCCCCCCCCCCCCCCCCCCCCCCCCCCCCCCCCCCCC1CCCCCCCC2CCCCC12. The summed E-state index contributed by atoms with van der Waals surface area (Å²) in [6.45, 7) is 3.82. The number of rotatable bonds is 43. The zero-order valence-electron chi connectivity index (χ0n) is 40.5. The van der Waals surface area contributed by atoms with Crippen molar-refractivity contribution in [3.05, 3.63) is 12.7 Å². The summed E-state index contributed by atoms with van der Waals surface area (Å²) in [7, 11) is 0. The van der Waals surface area contributed by atoms with Crippen molar-refractivity contribution in [3.63, 3.8) is 0 Å². The van der Waals surface area contributed by atoms with Crippen molar-refractivity contribution in [2.45, 2.75) is 340 Å². The third kappa shape index (κ3) is 35.3. The Bertz CT molecular complexity index is 781. The zero-order valence-corrected chi connectivity index (χ0v) is 40.5. The van der Waals surface area contributed by atoms with Crippen molar-refractivity contribution in [2.24, 2.45) is 17.8 Å². The summed E-state index contributed by atoms with van der Waals surface area (Å²) in [5, 5.41) is 0. The van der Waals surface area contributed by atoms with Gasteiger partial charge < -0.3 is 0 Å². The van der Waals surface area contributed by atoms with Gasteiger partial charge in [0.1, 0.15) is 0 Å². The minimum Gasteiger partial charge on any atom is -0.103 e. The van der Waals surface area contributed by atoms with Gasteiger partial charge in [-0.05, 0) is 37.0 Å². The lowest BCUT2D eigenvalue weighted by atomic mass is 9.67. The van der Waals surface area contributed by atoms with Gasteiger partial charge in [0.2, 0.25) is 0 Å². The van der Waals surface area contributed by atoms with E-state index in [-0.39, 0.29) is 0 Å². The fraction of sp³-hybridized carbons (Fsp3) is 0.966. The van der Waals surface area contributed by atoms with Gasteiger partial charge in [-0.25, -0.2) is 0 Å². The summed E-state index contributed by atoms with van der Waals surface area (Å²) in [6, 6.07) is 0. The van der Waals surface area contributed by atoms with Crippen LogP contribution in [0, 0.1) is 17.8 Å². The maximum atomic E-state index is 3.82. The molecule has 344 valence electrons. The molecule has 3 atom stereocenters. The number of fused-ring (bicyclic) bond motifs is 1. The molecule has 2 saturated carbocycles. The normalized spacial score (nSPS) is 19.0. The molecule has 0 aromatic rings. The van der Waals surface area contributed by atoms with Crippen molar-refractivity contribution < 1.29 is 0 Å². The van der Waals surface area contributed by atoms with E-state index in [0.29, 0.717) is 0 Å². The molecule has 2 aliphatic carbocycles. The maximum Gasteiger partial charge on any atom is -0.0353 e. The molecule has 0 radical (unpaired) electrons. The van der Waals surface area contributed by atoms with Crippen molar-refractivity contribution in [1.29, 1.82) is 0 Å². The highest BCUT2D eigenvalue weighted by Crippen LogP contribution is 2.42. The number of hydrogen-bond acceptors (Lipinski definition) is 0. The number of unbranched alkanes of at least 4 members (excludes halogenated alkanes) is 40. The van der Waals surface area contributed by atoms with Crippen LogP contribution in [0.15, 0.2) is 12.7 Å².